The molecular weight excluding hydrogens is 344 g/mol. The number of ether oxygens (including phenoxy) is 1. The Balaban J connectivity index is 2.03. The van der Waals surface area contributed by atoms with E-state index in [1.165, 1.54) is 24.3 Å². The van der Waals surface area contributed by atoms with Gasteiger partial charge in [0.05, 0.1) is 0 Å². The highest BCUT2D eigenvalue weighted by atomic mass is 35.5. The summed E-state index contributed by atoms with van der Waals surface area (Å²) in [6.07, 6.45) is 0. The Morgan fingerprint density at radius 2 is 1.20 bits per heavy atom. The summed E-state index contributed by atoms with van der Waals surface area (Å²) in [5.74, 6) is -0.693. The van der Waals surface area contributed by atoms with Gasteiger partial charge >= 0.3 is 0 Å². The SMILES string of the molecule is Oc1cc(O)c2c(c1)Oc1cc(O)cc(O)c1C2c1ccc(Cl)cc1. The largest absolute Gasteiger partial charge is 0.508 e. The van der Waals surface area contributed by atoms with Crippen LogP contribution >= 0.6 is 11.6 Å². The molecule has 6 heteroatoms. The number of benzene rings is 3. The molecule has 3 aromatic rings. The van der Waals surface area contributed by atoms with Gasteiger partial charge in [-0.05, 0) is 17.7 Å². The molecule has 4 N–H and O–H groups in total. The molecule has 0 aromatic heterocycles. The van der Waals surface area contributed by atoms with Crippen molar-refractivity contribution in [3.8, 4) is 34.5 Å². The third kappa shape index (κ3) is 2.49. The molecule has 25 heavy (non-hydrogen) atoms. The van der Waals surface area contributed by atoms with Crippen LogP contribution in [0.5, 0.6) is 34.5 Å². The molecule has 1 aliphatic rings. The first kappa shape index (κ1) is 15.5. The maximum Gasteiger partial charge on any atom is 0.139 e. The minimum atomic E-state index is -0.558. The molecule has 0 saturated heterocycles. The van der Waals surface area contributed by atoms with Crippen LogP contribution in [0.1, 0.15) is 22.6 Å². The highest BCUT2D eigenvalue weighted by Crippen LogP contribution is 2.55. The van der Waals surface area contributed by atoms with Gasteiger partial charge in [-0.25, -0.2) is 0 Å². The third-order valence-corrected chi connectivity index (χ3v) is 4.46. The Labute approximate surface area is 147 Å². The van der Waals surface area contributed by atoms with Gasteiger partial charge in [-0.3, -0.25) is 0 Å². The zero-order valence-electron chi connectivity index (χ0n) is 12.8. The van der Waals surface area contributed by atoms with Gasteiger partial charge in [0.15, 0.2) is 0 Å². The van der Waals surface area contributed by atoms with Crippen LogP contribution in [0.2, 0.25) is 5.02 Å². The van der Waals surface area contributed by atoms with Gasteiger partial charge in [0.1, 0.15) is 34.5 Å². The first-order valence-corrected chi connectivity index (χ1v) is 7.87. The van der Waals surface area contributed by atoms with Crippen molar-refractivity contribution in [2.75, 3.05) is 0 Å². The molecule has 0 radical (unpaired) electrons. The monoisotopic (exact) mass is 356 g/mol. The molecular formula is C19H13ClO5. The van der Waals surface area contributed by atoms with Gasteiger partial charge in [0.2, 0.25) is 0 Å². The number of halogens is 1. The number of hydrogen-bond donors (Lipinski definition) is 4. The van der Waals surface area contributed by atoms with Gasteiger partial charge in [-0.1, -0.05) is 23.7 Å². The maximum absolute atomic E-state index is 10.4. The van der Waals surface area contributed by atoms with E-state index >= 15 is 0 Å². The third-order valence-electron chi connectivity index (χ3n) is 4.21. The molecule has 0 aliphatic carbocycles. The first-order valence-electron chi connectivity index (χ1n) is 7.49. The summed E-state index contributed by atoms with van der Waals surface area (Å²) in [5.41, 5.74) is 1.58. The van der Waals surface area contributed by atoms with E-state index in [4.69, 9.17) is 16.3 Å². The molecule has 126 valence electrons. The van der Waals surface area contributed by atoms with Crippen molar-refractivity contribution in [2.24, 2.45) is 0 Å². The lowest BCUT2D eigenvalue weighted by Crippen LogP contribution is -2.12. The van der Waals surface area contributed by atoms with E-state index in [-0.39, 0.29) is 34.5 Å². The topological polar surface area (TPSA) is 90.2 Å². The van der Waals surface area contributed by atoms with Crippen molar-refractivity contribution >= 4 is 11.6 Å². The Kier molecular flexibility index (Phi) is 3.40. The summed E-state index contributed by atoms with van der Waals surface area (Å²) in [5, 5.41) is 40.9. The molecule has 0 fully saturated rings. The highest BCUT2D eigenvalue weighted by molar-refractivity contribution is 6.30. The van der Waals surface area contributed by atoms with Crippen LogP contribution in [-0.2, 0) is 0 Å². The molecule has 1 heterocycles. The van der Waals surface area contributed by atoms with Gasteiger partial charge in [0.25, 0.3) is 0 Å². The van der Waals surface area contributed by atoms with E-state index in [2.05, 4.69) is 0 Å². The second-order valence-electron chi connectivity index (χ2n) is 5.84. The van der Waals surface area contributed by atoms with Crippen LogP contribution in [0.15, 0.2) is 48.5 Å². The second kappa shape index (κ2) is 5.50. The van der Waals surface area contributed by atoms with Gasteiger partial charge in [0, 0.05) is 46.3 Å². The predicted molar refractivity (Wildman–Crippen MR) is 92.0 cm³/mol. The summed E-state index contributed by atoms with van der Waals surface area (Å²) in [4.78, 5) is 0. The van der Waals surface area contributed by atoms with E-state index in [1.54, 1.807) is 24.3 Å². The summed E-state index contributed by atoms with van der Waals surface area (Å²) in [6, 6.07) is 12.2. The molecule has 1 aliphatic heterocycles. The molecule has 0 atom stereocenters. The zero-order chi connectivity index (χ0) is 17.7. The lowest BCUT2D eigenvalue weighted by Gasteiger charge is -2.30. The molecule has 0 amide bonds. The van der Waals surface area contributed by atoms with Crippen molar-refractivity contribution in [2.45, 2.75) is 5.92 Å². The maximum atomic E-state index is 10.4. The summed E-state index contributed by atoms with van der Waals surface area (Å²) < 4.78 is 5.71. The second-order valence-corrected chi connectivity index (χ2v) is 6.28. The lowest BCUT2D eigenvalue weighted by molar-refractivity contribution is 0.393. The number of hydrogen-bond acceptors (Lipinski definition) is 5. The number of rotatable bonds is 1. The van der Waals surface area contributed by atoms with Crippen LogP contribution in [0.4, 0.5) is 0 Å². The molecule has 0 saturated carbocycles. The molecule has 4 rings (SSSR count). The molecule has 3 aromatic carbocycles. The van der Waals surface area contributed by atoms with Crippen LogP contribution in [0, 0.1) is 0 Å². The van der Waals surface area contributed by atoms with E-state index in [0.717, 1.165) is 5.56 Å². The fourth-order valence-corrected chi connectivity index (χ4v) is 3.32. The van der Waals surface area contributed by atoms with Gasteiger partial charge in [-0.15, -0.1) is 0 Å². The Hall–Kier alpha value is -3.05. The van der Waals surface area contributed by atoms with Crippen molar-refractivity contribution in [1.82, 2.24) is 0 Å². The number of aromatic hydroxyl groups is 4. The summed E-state index contributed by atoms with van der Waals surface area (Å²) >= 11 is 5.97. The molecule has 0 spiro atoms. The lowest BCUT2D eigenvalue weighted by atomic mass is 9.81. The van der Waals surface area contributed by atoms with Crippen molar-refractivity contribution in [3.05, 3.63) is 70.2 Å². The first-order chi connectivity index (χ1) is 11.9. The molecule has 0 unspecified atom stereocenters. The zero-order valence-corrected chi connectivity index (χ0v) is 13.5. The van der Waals surface area contributed by atoms with E-state index in [9.17, 15) is 20.4 Å². The molecule has 0 bridgehead atoms. The Morgan fingerprint density at radius 3 is 1.68 bits per heavy atom. The van der Waals surface area contributed by atoms with Crippen LogP contribution in [0.25, 0.3) is 0 Å². The summed E-state index contributed by atoms with van der Waals surface area (Å²) in [6.45, 7) is 0. The van der Waals surface area contributed by atoms with E-state index in [0.29, 0.717) is 16.1 Å². The standard InChI is InChI=1S/C19H13ClO5/c20-10-3-1-9(2-4-10)17-18-13(23)5-11(21)7-15(18)25-16-8-12(22)6-14(24)19(16)17/h1-8,17,21-24H. The minimum Gasteiger partial charge on any atom is -0.508 e. The van der Waals surface area contributed by atoms with Crippen molar-refractivity contribution < 1.29 is 25.2 Å². The Morgan fingerprint density at radius 1 is 0.720 bits per heavy atom. The highest BCUT2D eigenvalue weighted by Gasteiger charge is 2.34. The van der Waals surface area contributed by atoms with E-state index in [1.807, 2.05) is 0 Å². The minimum absolute atomic E-state index is 0.154. The van der Waals surface area contributed by atoms with Gasteiger partial charge < -0.3 is 25.2 Å². The summed E-state index contributed by atoms with van der Waals surface area (Å²) in [7, 11) is 0. The smallest absolute Gasteiger partial charge is 0.139 e. The van der Waals surface area contributed by atoms with Crippen LogP contribution < -0.4 is 4.74 Å². The number of phenols is 4. The molecule has 5 nitrogen and oxygen atoms in total. The average Bonchev–Trinajstić information content (AvgIpc) is 2.53. The normalized spacial score (nSPS) is 13.0. The number of phenolic OH excluding ortho intramolecular Hbond substituents is 4. The van der Waals surface area contributed by atoms with E-state index < -0.39 is 5.92 Å². The fourth-order valence-electron chi connectivity index (χ4n) is 3.20. The average molecular weight is 357 g/mol. The predicted octanol–water partition coefficient (Wildman–Crippen LogP) is 4.45. The number of fused-ring (bicyclic) bond motifs is 2. The quantitative estimate of drug-likeness (QED) is 0.404. The van der Waals surface area contributed by atoms with Crippen molar-refractivity contribution in [3.63, 3.8) is 0 Å². The van der Waals surface area contributed by atoms with Crippen LogP contribution in [-0.4, -0.2) is 20.4 Å². The van der Waals surface area contributed by atoms with Crippen molar-refractivity contribution in [1.29, 1.82) is 0 Å². The fraction of sp³-hybridized carbons (Fsp3) is 0.0526. The van der Waals surface area contributed by atoms with Gasteiger partial charge in [-0.2, -0.15) is 0 Å². The Bertz CT molecular complexity index is 925. The van der Waals surface area contributed by atoms with Crippen LogP contribution in [0.3, 0.4) is 0 Å².